The van der Waals surface area contributed by atoms with Crippen molar-refractivity contribution in [1.29, 1.82) is 5.41 Å². The summed E-state index contributed by atoms with van der Waals surface area (Å²) in [5, 5.41) is 9.00. The number of anilines is 1. The van der Waals surface area contributed by atoms with Crippen molar-refractivity contribution in [3.8, 4) is 0 Å². The van der Waals surface area contributed by atoms with Crippen LogP contribution in [0, 0.1) is 5.41 Å². The van der Waals surface area contributed by atoms with Crippen molar-refractivity contribution in [2.24, 2.45) is 5.73 Å². The zero-order chi connectivity index (χ0) is 17.5. The molecule has 0 aliphatic carbocycles. The monoisotopic (exact) mass is 342 g/mol. The molecular weight excluding hydrogens is 320 g/mol. The molecule has 0 heterocycles. The molecule has 0 fully saturated rings. The molecule has 0 unspecified atom stereocenters. The van der Waals surface area contributed by atoms with E-state index in [1.165, 1.54) is 0 Å². The summed E-state index contributed by atoms with van der Waals surface area (Å²) in [5.41, 5.74) is 17.4. The number of hydrogen-bond donors (Lipinski definition) is 4. The summed E-state index contributed by atoms with van der Waals surface area (Å²) in [7, 11) is 0. The molecule has 0 radical (unpaired) electrons. The van der Waals surface area contributed by atoms with Crippen LogP contribution in [-0.4, -0.2) is 5.71 Å². The van der Waals surface area contributed by atoms with Gasteiger partial charge in [-0.3, -0.25) is 0 Å². The van der Waals surface area contributed by atoms with Crippen LogP contribution in [0.2, 0.25) is 5.02 Å². The van der Waals surface area contributed by atoms with Crippen molar-refractivity contribution in [1.82, 2.24) is 5.43 Å². The summed E-state index contributed by atoms with van der Waals surface area (Å²) in [6.07, 6.45) is 0.594. The topological polar surface area (TPSA) is 73.9 Å². The summed E-state index contributed by atoms with van der Waals surface area (Å²) in [6, 6.07) is 15.5. The standard InChI is InChI=1S/C19H23ClN4/c1-13(14(2)23-24-18-9-7-17(20)8-10-18)19(22)11-15-3-5-16(12-21)6-4-15/h3-10,22-24H,11-12,21H2,1-2H3. The van der Waals surface area contributed by atoms with Gasteiger partial charge in [-0.2, -0.15) is 0 Å². The first kappa shape index (κ1) is 18.0. The second-order valence-corrected chi connectivity index (χ2v) is 6.12. The lowest BCUT2D eigenvalue weighted by Crippen LogP contribution is -2.22. The SMILES string of the molecule is CC(NNc1ccc(Cl)cc1)=C(C)C(=N)Cc1ccc(CN)cc1. The van der Waals surface area contributed by atoms with Gasteiger partial charge in [0.1, 0.15) is 0 Å². The fourth-order valence-electron chi connectivity index (χ4n) is 2.15. The first-order valence-electron chi connectivity index (χ1n) is 7.80. The molecule has 4 nitrogen and oxygen atoms in total. The average Bonchev–Trinajstić information content (AvgIpc) is 2.61. The van der Waals surface area contributed by atoms with E-state index in [0.717, 1.165) is 28.1 Å². The molecule has 2 aromatic carbocycles. The third-order valence-corrected chi connectivity index (χ3v) is 4.15. The number of allylic oxidation sites excluding steroid dienone is 2. The third-order valence-electron chi connectivity index (χ3n) is 3.89. The molecule has 0 atom stereocenters. The van der Waals surface area contributed by atoms with E-state index in [4.69, 9.17) is 22.7 Å². The first-order valence-corrected chi connectivity index (χ1v) is 8.18. The third kappa shape index (κ3) is 5.11. The fourth-order valence-corrected chi connectivity index (χ4v) is 2.28. The van der Waals surface area contributed by atoms with Gasteiger partial charge in [-0.15, -0.1) is 0 Å². The van der Waals surface area contributed by atoms with Gasteiger partial charge in [0.15, 0.2) is 0 Å². The van der Waals surface area contributed by atoms with Gasteiger partial charge in [-0.05, 0) is 54.8 Å². The minimum absolute atomic E-state index is 0.538. The Morgan fingerprint density at radius 2 is 1.58 bits per heavy atom. The maximum atomic E-state index is 8.30. The molecular formula is C19H23ClN4. The van der Waals surface area contributed by atoms with Crippen LogP contribution in [0.1, 0.15) is 25.0 Å². The van der Waals surface area contributed by atoms with E-state index in [9.17, 15) is 0 Å². The molecule has 0 saturated carbocycles. The van der Waals surface area contributed by atoms with Gasteiger partial charge >= 0.3 is 0 Å². The molecule has 2 aromatic rings. The minimum atomic E-state index is 0.538. The van der Waals surface area contributed by atoms with Crippen LogP contribution in [0.5, 0.6) is 0 Å². The molecule has 0 spiro atoms. The predicted molar refractivity (Wildman–Crippen MR) is 102 cm³/mol. The Bertz CT molecular complexity index is 718. The van der Waals surface area contributed by atoms with Crippen molar-refractivity contribution >= 4 is 23.0 Å². The molecule has 126 valence electrons. The lowest BCUT2D eigenvalue weighted by Gasteiger charge is -2.14. The summed E-state index contributed by atoms with van der Waals surface area (Å²) in [4.78, 5) is 0. The van der Waals surface area contributed by atoms with Crippen LogP contribution in [0.25, 0.3) is 0 Å². The number of benzene rings is 2. The van der Waals surface area contributed by atoms with Crippen LogP contribution in [0.15, 0.2) is 59.8 Å². The first-order chi connectivity index (χ1) is 11.5. The van der Waals surface area contributed by atoms with E-state index in [1.807, 2.05) is 62.4 Å². The van der Waals surface area contributed by atoms with Crippen LogP contribution in [-0.2, 0) is 13.0 Å². The van der Waals surface area contributed by atoms with E-state index in [-0.39, 0.29) is 0 Å². The van der Waals surface area contributed by atoms with Crippen LogP contribution >= 0.6 is 11.6 Å². The molecule has 0 amide bonds. The maximum Gasteiger partial charge on any atom is 0.0540 e. The van der Waals surface area contributed by atoms with Crippen LogP contribution in [0.3, 0.4) is 0 Å². The highest BCUT2D eigenvalue weighted by Crippen LogP contribution is 2.14. The molecule has 0 aliphatic rings. The number of nitrogens with two attached hydrogens (primary N) is 1. The van der Waals surface area contributed by atoms with Crippen LogP contribution < -0.4 is 16.6 Å². The molecule has 5 heteroatoms. The molecule has 24 heavy (non-hydrogen) atoms. The van der Waals surface area contributed by atoms with Gasteiger partial charge in [0.2, 0.25) is 0 Å². The average molecular weight is 343 g/mol. The van der Waals surface area contributed by atoms with Gasteiger partial charge < -0.3 is 22.0 Å². The lowest BCUT2D eigenvalue weighted by molar-refractivity contribution is 0.944. The van der Waals surface area contributed by atoms with E-state index in [1.54, 1.807) is 0 Å². The minimum Gasteiger partial charge on any atom is -0.326 e. The summed E-state index contributed by atoms with van der Waals surface area (Å²) in [5.74, 6) is 0. The van der Waals surface area contributed by atoms with Gasteiger partial charge in [0, 0.05) is 29.4 Å². The van der Waals surface area contributed by atoms with E-state index < -0.39 is 0 Å². The second-order valence-electron chi connectivity index (χ2n) is 5.68. The van der Waals surface area contributed by atoms with Gasteiger partial charge in [-0.25, -0.2) is 0 Å². The Kier molecular flexibility index (Phi) is 6.41. The highest BCUT2D eigenvalue weighted by Gasteiger charge is 2.06. The van der Waals surface area contributed by atoms with Crippen molar-refractivity contribution in [2.45, 2.75) is 26.8 Å². The lowest BCUT2D eigenvalue weighted by atomic mass is 10.0. The number of hydrogen-bond acceptors (Lipinski definition) is 4. The molecule has 2 rings (SSSR count). The Hall–Kier alpha value is -2.30. The quantitative estimate of drug-likeness (QED) is 0.448. The summed E-state index contributed by atoms with van der Waals surface area (Å²) < 4.78 is 0. The molecule has 0 aliphatic heterocycles. The van der Waals surface area contributed by atoms with Gasteiger partial charge in [0.25, 0.3) is 0 Å². The number of hydrazine groups is 1. The van der Waals surface area contributed by atoms with Crippen molar-refractivity contribution in [3.63, 3.8) is 0 Å². The Morgan fingerprint density at radius 3 is 2.17 bits per heavy atom. The zero-order valence-electron chi connectivity index (χ0n) is 14.0. The zero-order valence-corrected chi connectivity index (χ0v) is 14.7. The maximum absolute atomic E-state index is 8.30. The summed E-state index contributed by atoms with van der Waals surface area (Å²) >= 11 is 5.87. The number of halogens is 1. The number of rotatable bonds is 7. The van der Waals surface area contributed by atoms with Gasteiger partial charge in [0.05, 0.1) is 5.69 Å². The molecule has 5 N–H and O–H groups in total. The molecule has 0 aromatic heterocycles. The van der Waals surface area contributed by atoms with Crippen molar-refractivity contribution in [2.75, 3.05) is 5.43 Å². The van der Waals surface area contributed by atoms with E-state index >= 15 is 0 Å². The molecule has 0 saturated heterocycles. The molecule has 0 bridgehead atoms. The van der Waals surface area contributed by atoms with Gasteiger partial charge in [-0.1, -0.05) is 35.9 Å². The highest BCUT2D eigenvalue weighted by atomic mass is 35.5. The predicted octanol–water partition coefficient (Wildman–Crippen LogP) is 4.27. The Balaban J connectivity index is 1.96. The van der Waals surface area contributed by atoms with Crippen molar-refractivity contribution in [3.05, 3.63) is 76.0 Å². The fraction of sp³-hybridized carbons (Fsp3) is 0.211. The normalized spacial score (nSPS) is 11.7. The second kappa shape index (κ2) is 8.52. The smallest absolute Gasteiger partial charge is 0.0540 e. The Labute approximate surface area is 148 Å². The van der Waals surface area contributed by atoms with E-state index in [0.29, 0.717) is 23.7 Å². The highest BCUT2D eigenvalue weighted by molar-refractivity contribution is 6.30. The Morgan fingerprint density at radius 1 is 1.00 bits per heavy atom. The largest absolute Gasteiger partial charge is 0.326 e. The van der Waals surface area contributed by atoms with E-state index in [2.05, 4.69) is 10.9 Å². The van der Waals surface area contributed by atoms with Crippen LogP contribution in [0.4, 0.5) is 5.69 Å². The summed E-state index contributed by atoms with van der Waals surface area (Å²) in [6.45, 7) is 4.43. The van der Waals surface area contributed by atoms with Crippen molar-refractivity contribution < 1.29 is 0 Å². The number of nitrogens with one attached hydrogen (secondary N) is 3.